The lowest BCUT2D eigenvalue weighted by molar-refractivity contribution is -0.117. The molecule has 7 heteroatoms. The van der Waals surface area contributed by atoms with E-state index >= 15 is 0 Å². The summed E-state index contributed by atoms with van der Waals surface area (Å²) < 4.78 is 5.12. The maximum absolute atomic E-state index is 12.0. The van der Waals surface area contributed by atoms with Crippen molar-refractivity contribution in [2.45, 2.75) is 18.9 Å². The van der Waals surface area contributed by atoms with Gasteiger partial charge in [0.05, 0.1) is 13.2 Å². The summed E-state index contributed by atoms with van der Waals surface area (Å²) >= 11 is 1.43. The maximum Gasteiger partial charge on any atom is 0.240 e. The van der Waals surface area contributed by atoms with Crippen molar-refractivity contribution in [2.75, 3.05) is 45.2 Å². The van der Waals surface area contributed by atoms with Crippen LogP contribution in [0.1, 0.15) is 12.8 Å². The number of nitrogens with zero attached hydrogens (tertiary/aromatic N) is 2. The van der Waals surface area contributed by atoms with Crippen molar-refractivity contribution in [3.63, 3.8) is 0 Å². The standard InChI is InChI=1S/C13H22N4O2S/c1-19-7-6-17(9-11-3-2-4-14-11)10-12(18)16-13-15-5-8-20-13/h5,8,11,14H,2-4,6-7,9-10H2,1H3,(H,15,16,18). The first-order valence-electron chi connectivity index (χ1n) is 6.92. The molecule has 0 bridgehead atoms. The van der Waals surface area contributed by atoms with E-state index in [-0.39, 0.29) is 5.91 Å². The topological polar surface area (TPSA) is 66.5 Å². The Morgan fingerprint density at radius 2 is 2.60 bits per heavy atom. The van der Waals surface area contributed by atoms with Gasteiger partial charge in [-0.15, -0.1) is 11.3 Å². The summed E-state index contributed by atoms with van der Waals surface area (Å²) in [5.74, 6) is -0.0194. The summed E-state index contributed by atoms with van der Waals surface area (Å²) in [5, 5.41) is 8.78. The van der Waals surface area contributed by atoms with Gasteiger partial charge in [0.15, 0.2) is 5.13 Å². The van der Waals surface area contributed by atoms with E-state index in [0.717, 1.165) is 19.6 Å². The van der Waals surface area contributed by atoms with Crippen molar-refractivity contribution in [3.05, 3.63) is 11.6 Å². The molecule has 1 saturated heterocycles. The van der Waals surface area contributed by atoms with Crippen molar-refractivity contribution in [2.24, 2.45) is 0 Å². The summed E-state index contributed by atoms with van der Waals surface area (Å²) in [6.45, 7) is 3.74. The summed E-state index contributed by atoms with van der Waals surface area (Å²) in [7, 11) is 1.68. The molecule has 1 aromatic rings. The number of aromatic nitrogens is 1. The molecule has 0 saturated carbocycles. The van der Waals surface area contributed by atoms with Gasteiger partial charge in [-0.3, -0.25) is 9.69 Å². The van der Waals surface area contributed by atoms with Crippen LogP contribution in [0.25, 0.3) is 0 Å². The highest BCUT2D eigenvalue weighted by Crippen LogP contribution is 2.11. The first kappa shape index (κ1) is 15.4. The zero-order chi connectivity index (χ0) is 14.2. The molecule has 1 aromatic heterocycles. The molecule has 2 heterocycles. The Kier molecular flexibility index (Phi) is 6.38. The number of anilines is 1. The third-order valence-corrected chi connectivity index (χ3v) is 3.99. The number of carbonyl (C=O) groups excluding carboxylic acids is 1. The highest BCUT2D eigenvalue weighted by molar-refractivity contribution is 7.13. The second kappa shape index (κ2) is 8.31. The zero-order valence-electron chi connectivity index (χ0n) is 11.8. The number of ether oxygens (including phenoxy) is 1. The lowest BCUT2D eigenvalue weighted by Crippen LogP contribution is -2.42. The van der Waals surface area contributed by atoms with Crippen molar-refractivity contribution < 1.29 is 9.53 Å². The quantitative estimate of drug-likeness (QED) is 0.742. The Hall–Kier alpha value is -1.02. The number of carbonyl (C=O) groups is 1. The molecule has 0 aliphatic carbocycles. The van der Waals surface area contributed by atoms with Gasteiger partial charge in [-0.1, -0.05) is 0 Å². The summed E-state index contributed by atoms with van der Waals surface area (Å²) in [5.41, 5.74) is 0. The maximum atomic E-state index is 12.0. The van der Waals surface area contributed by atoms with E-state index in [0.29, 0.717) is 24.3 Å². The molecule has 0 radical (unpaired) electrons. The molecule has 0 spiro atoms. The van der Waals surface area contributed by atoms with Gasteiger partial charge >= 0.3 is 0 Å². The van der Waals surface area contributed by atoms with Crippen LogP contribution in [0.2, 0.25) is 0 Å². The van der Waals surface area contributed by atoms with Crippen LogP contribution < -0.4 is 10.6 Å². The molecular weight excluding hydrogens is 276 g/mol. The number of methoxy groups -OCH3 is 1. The van der Waals surface area contributed by atoms with Gasteiger partial charge in [0.2, 0.25) is 5.91 Å². The van der Waals surface area contributed by atoms with Crippen LogP contribution >= 0.6 is 11.3 Å². The average Bonchev–Trinajstić information content (AvgIpc) is 3.09. The molecule has 6 nitrogen and oxygen atoms in total. The lowest BCUT2D eigenvalue weighted by atomic mass is 10.2. The number of thiazole rings is 1. The van der Waals surface area contributed by atoms with Crippen molar-refractivity contribution >= 4 is 22.4 Å². The first-order chi connectivity index (χ1) is 9.78. The fourth-order valence-electron chi connectivity index (χ4n) is 2.33. The van der Waals surface area contributed by atoms with Crippen molar-refractivity contribution in [1.29, 1.82) is 0 Å². The molecule has 112 valence electrons. The lowest BCUT2D eigenvalue weighted by Gasteiger charge is -2.24. The minimum absolute atomic E-state index is 0.0194. The van der Waals surface area contributed by atoms with Crippen LogP contribution in [-0.2, 0) is 9.53 Å². The monoisotopic (exact) mass is 298 g/mol. The van der Waals surface area contributed by atoms with Crippen LogP contribution in [0.15, 0.2) is 11.6 Å². The van der Waals surface area contributed by atoms with E-state index < -0.39 is 0 Å². The Labute approximate surface area is 123 Å². The molecule has 1 atom stereocenters. The number of rotatable bonds is 8. The second-order valence-corrected chi connectivity index (χ2v) is 5.80. The van der Waals surface area contributed by atoms with E-state index in [9.17, 15) is 4.79 Å². The van der Waals surface area contributed by atoms with Crippen LogP contribution in [0.4, 0.5) is 5.13 Å². The molecule has 2 rings (SSSR count). The highest BCUT2D eigenvalue weighted by Gasteiger charge is 2.19. The van der Waals surface area contributed by atoms with Gasteiger partial charge < -0.3 is 15.4 Å². The van der Waals surface area contributed by atoms with E-state index in [4.69, 9.17) is 4.74 Å². The van der Waals surface area contributed by atoms with Crippen molar-refractivity contribution in [1.82, 2.24) is 15.2 Å². The SMILES string of the molecule is COCCN(CC(=O)Nc1nccs1)CC1CCCN1. The highest BCUT2D eigenvalue weighted by atomic mass is 32.1. The number of amides is 1. The smallest absolute Gasteiger partial charge is 0.240 e. The van der Waals surface area contributed by atoms with E-state index in [1.54, 1.807) is 13.3 Å². The molecule has 20 heavy (non-hydrogen) atoms. The molecule has 1 unspecified atom stereocenters. The third kappa shape index (κ3) is 5.16. The Balaban J connectivity index is 1.80. The summed E-state index contributed by atoms with van der Waals surface area (Å²) in [6, 6.07) is 0.486. The third-order valence-electron chi connectivity index (χ3n) is 3.30. The molecule has 1 aliphatic rings. The van der Waals surface area contributed by atoms with Crippen LogP contribution in [0.5, 0.6) is 0 Å². The summed E-state index contributed by atoms with van der Waals surface area (Å²) in [6.07, 6.45) is 4.08. The largest absolute Gasteiger partial charge is 0.383 e. The van der Waals surface area contributed by atoms with Crippen molar-refractivity contribution in [3.8, 4) is 0 Å². The first-order valence-corrected chi connectivity index (χ1v) is 7.80. The Bertz CT molecular complexity index is 393. The summed E-state index contributed by atoms with van der Waals surface area (Å²) in [4.78, 5) is 18.2. The van der Waals surface area contributed by atoms with E-state index in [1.165, 1.54) is 24.2 Å². The molecule has 0 aromatic carbocycles. The fourth-order valence-corrected chi connectivity index (χ4v) is 2.87. The normalized spacial score (nSPS) is 18.6. The van der Waals surface area contributed by atoms with E-state index in [1.807, 2.05) is 5.38 Å². The minimum atomic E-state index is -0.0194. The molecule has 1 amide bonds. The Morgan fingerprint density at radius 1 is 1.70 bits per heavy atom. The van der Waals surface area contributed by atoms with Gasteiger partial charge in [0.25, 0.3) is 0 Å². The predicted molar refractivity (Wildman–Crippen MR) is 80.1 cm³/mol. The van der Waals surface area contributed by atoms with Crippen LogP contribution in [0.3, 0.4) is 0 Å². The predicted octanol–water partition coefficient (Wildman–Crippen LogP) is 0.782. The molecule has 1 fully saturated rings. The Morgan fingerprint density at radius 3 is 3.25 bits per heavy atom. The van der Waals surface area contributed by atoms with Gasteiger partial charge in [0, 0.05) is 37.8 Å². The zero-order valence-corrected chi connectivity index (χ0v) is 12.6. The van der Waals surface area contributed by atoms with Crippen LogP contribution in [-0.4, -0.2) is 61.7 Å². The van der Waals surface area contributed by atoms with Gasteiger partial charge in [-0.05, 0) is 19.4 Å². The fraction of sp³-hybridized carbons (Fsp3) is 0.692. The minimum Gasteiger partial charge on any atom is -0.383 e. The molecule has 2 N–H and O–H groups in total. The van der Waals surface area contributed by atoms with Gasteiger partial charge in [-0.2, -0.15) is 0 Å². The molecular formula is C13H22N4O2S. The number of hydrogen-bond acceptors (Lipinski definition) is 6. The van der Waals surface area contributed by atoms with Gasteiger partial charge in [0.1, 0.15) is 0 Å². The van der Waals surface area contributed by atoms with Gasteiger partial charge in [-0.25, -0.2) is 4.98 Å². The number of nitrogens with one attached hydrogen (secondary N) is 2. The average molecular weight is 298 g/mol. The number of hydrogen-bond donors (Lipinski definition) is 2. The van der Waals surface area contributed by atoms with E-state index in [2.05, 4.69) is 20.5 Å². The van der Waals surface area contributed by atoms with Crippen LogP contribution in [0, 0.1) is 0 Å². The molecule has 1 aliphatic heterocycles. The second-order valence-electron chi connectivity index (χ2n) is 4.91.